The number of rotatable bonds is 6. The molecular weight excluding hydrogens is 422 g/mol. The molecule has 32 heavy (non-hydrogen) atoms. The maximum absolute atomic E-state index is 14.2. The summed E-state index contributed by atoms with van der Waals surface area (Å²) in [5.74, 6) is 0.666. The zero-order valence-electron chi connectivity index (χ0n) is 17.7. The second kappa shape index (κ2) is 9.41. The molecule has 2 aliphatic rings. The van der Waals surface area contributed by atoms with Gasteiger partial charge in [0.05, 0.1) is 13.7 Å². The van der Waals surface area contributed by atoms with E-state index in [1.54, 1.807) is 25.3 Å². The number of methoxy groups -OCH3 is 1. The van der Waals surface area contributed by atoms with E-state index in [-0.39, 0.29) is 12.0 Å². The molecule has 1 aliphatic carbocycles. The second-order valence-corrected chi connectivity index (χ2v) is 8.42. The first-order valence-corrected chi connectivity index (χ1v) is 10.7. The van der Waals surface area contributed by atoms with Crippen molar-refractivity contribution in [2.24, 2.45) is 0 Å². The third-order valence-corrected chi connectivity index (χ3v) is 6.54. The van der Waals surface area contributed by atoms with Crippen molar-refractivity contribution < 1.29 is 38.7 Å². The molecule has 2 aromatic carbocycles. The molecule has 1 heterocycles. The van der Waals surface area contributed by atoms with Gasteiger partial charge in [0.2, 0.25) is 0 Å². The number of fused-ring (bicyclic) bond motifs is 1. The van der Waals surface area contributed by atoms with Gasteiger partial charge in [0.25, 0.3) is 6.43 Å². The van der Waals surface area contributed by atoms with Crippen molar-refractivity contribution in [3.05, 3.63) is 63.7 Å². The van der Waals surface area contributed by atoms with Gasteiger partial charge in [-0.1, -0.05) is 18.2 Å². The topological polar surface area (TPSA) is 99.4 Å². The Bertz CT molecular complexity index is 946. The summed E-state index contributed by atoms with van der Waals surface area (Å²) in [5, 5.41) is 40.6. The molecule has 1 aliphatic heterocycles. The Morgan fingerprint density at radius 3 is 2.34 bits per heavy atom. The van der Waals surface area contributed by atoms with Crippen LogP contribution in [-0.2, 0) is 24.0 Å². The van der Waals surface area contributed by atoms with Gasteiger partial charge in [-0.15, -0.1) is 0 Å². The van der Waals surface area contributed by atoms with E-state index in [0.717, 1.165) is 5.56 Å². The van der Waals surface area contributed by atoms with Gasteiger partial charge in [0, 0.05) is 5.56 Å². The van der Waals surface area contributed by atoms with E-state index in [9.17, 15) is 29.2 Å². The van der Waals surface area contributed by atoms with Crippen LogP contribution < -0.4 is 4.74 Å². The first-order valence-electron chi connectivity index (χ1n) is 10.7. The highest BCUT2D eigenvalue weighted by molar-refractivity contribution is 5.52. The van der Waals surface area contributed by atoms with Crippen molar-refractivity contribution in [2.45, 2.75) is 62.6 Å². The van der Waals surface area contributed by atoms with E-state index in [1.807, 2.05) is 12.1 Å². The van der Waals surface area contributed by atoms with Gasteiger partial charge < -0.3 is 29.9 Å². The van der Waals surface area contributed by atoms with Gasteiger partial charge in [-0.3, -0.25) is 0 Å². The Balaban J connectivity index is 1.79. The normalized spacial score (nSPS) is 27.6. The minimum absolute atomic E-state index is 0.0154. The van der Waals surface area contributed by atoms with Crippen molar-refractivity contribution in [1.29, 1.82) is 0 Å². The maximum Gasteiger partial charge on any atom is 0.264 e. The van der Waals surface area contributed by atoms with E-state index >= 15 is 0 Å². The highest BCUT2D eigenvalue weighted by Crippen LogP contribution is 2.43. The number of halogens is 2. The van der Waals surface area contributed by atoms with Crippen LogP contribution >= 0.6 is 0 Å². The van der Waals surface area contributed by atoms with Crippen LogP contribution in [-0.4, -0.2) is 58.6 Å². The van der Waals surface area contributed by atoms with Crippen molar-refractivity contribution in [3.8, 4) is 5.75 Å². The molecule has 0 unspecified atom stereocenters. The summed E-state index contributed by atoms with van der Waals surface area (Å²) < 4.78 is 39.3. The molecule has 0 radical (unpaired) electrons. The molecule has 4 N–H and O–H groups in total. The highest BCUT2D eigenvalue weighted by atomic mass is 19.3. The lowest BCUT2D eigenvalue weighted by Crippen LogP contribution is -2.55. The third-order valence-electron chi connectivity index (χ3n) is 6.54. The SMILES string of the molecule is COc1ccc(Cc2cc([C@H]3O[C@@H](CO)[C@H](O)[C@@H](O)[C@@H]3O)c3c(c2C(F)F)CCC3)cc1. The number of benzene rings is 2. The Hall–Kier alpha value is -2.10. The van der Waals surface area contributed by atoms with Crippen molar-refractivity contribution in [3.63, 3.8) is 0 Å². The monoisotopic (exact) mass is 450 g/mol. The minimum Gasteiger partial charge on any atom is -0.497 e. The first-order chi connectivity index (χ1) is 15.3. The quantitative estimate of drug-likeness (QED) is 0.539. The lowest BCUT2D eigenvalue weighted by molar-refractivity contribution is -0.231. The summed E-state index contributed by atoms with van der Waals surface area (Å²) in [6.07, 6.45) is -7.21. The summed E-state index contributed by atoms with van der Waals surface area (Å²) in [7, 11) is 1.55. The van der Waals surface area contributed by atoms with Crippen LogP contribution in [0.25, 0.3) is 0 Å². The molecule has 2 aromatic rings. The van der Waals surface area contributed by atoms with Gasteiger partial charge in [-0.25, -0.2) is 8.78 Å². The van der Waals surface area contributed by atoms with Crippen LogP contribution in [0.3, 0.4) is 0 Å². The smallest absolute Gasteiger partial charge is 0.264 e. The summed E-state index contributed by atoms with van der Waals surface area (Å²) in [6.45, 7) is -0.544. The lowest BCUT2D eigenvalue weighted by Gasteiger charge is -2.41. The number of aliphatic hydroxyl groups excluding tert-OH is 4. The van der Waals surface area contributed by atoms with Crippen LogP contribution in [0, 0.1) is 0 Å². The van der Waals surface area contributed by atoms with E-state index in [1.165, 1.54) is 0 Å². The highest BCUT2D eigenvalue weighted by Gasteiger charge is 2.45. The molecule has 6 nitrogen and oxygen atoms in total. The first kappa shape index (κ1) is 23.1. The molecule has 5 atom stereocenters. The standard InChI is InChI=1S/C24H28F2O6/c1-31-14-7-5-12(6-8-14)9-13-10-17(15-3-2-4-16(15)19(13)24(25)26)23-22(30)21(29)20(28)18(11-27)32-23/h5-8,10,18,20-24,27-30H,2-4,9,11H2,1H3/t18-,20-,21+,22-,23+/m0/s1. The third kappa shape index (κ3) is 4.13. The molecule has 1 fully saturated rings. The lowest BCUT2D eigenvalue weighted by atomic mass is 9.84. The predicted octanol–water partition coefficient (Wildman–Crippen LogP) is 2.23. The van der Waals surface area contributed by atoms with Gasteiger partial charge in [-0.2, -0.15) is 0 Å². The Kier molecular flexibility index (Phi) is 6.78. The number of hydrogen-bond acceptors (Lipinski definition) is 6. The number of alkyl halides is 2. The Labute approximate surface area is 185 Å². The largest absolute Gasteiger partial charge is 0.497 e. The average Bonchev–Trinajstić information content (AvgIpc) is 3.27. The number of aliphatic hydroxyl groups is 4. The van der Waals surface area contributed by atoms with E-state index in [2.05, 4.69) is 0 Å². The molecule has 0 spiro atoms. The average molecular weight is 450 g/mol. The second-order valence-electron chi connectivity index (χ2n) is 8.42. The maximum atomic E-state index is 14.2. The van der Waals surface area contributed by atoms with Gasteiger partial charge in [-0.05, 0) is 65.6 Å². The van der Waals surface area contributed by atoms with Crippen molar-refractivity contribution in [2.75, 3.05) is 13.7 Å². The zero-order valence-corrected chi connectivity index (χ0v) is 17.7. The minimum atomic E-state index is -2.65. The van der Waals surface area contributed by atoms with Gasteiger partial charge >= 0.3 is 0 Å². The van der Waals surface area contributed by atoms with E-state index < -0.39 is 43.6 Å². The summed E-state index contributed by atoms with van der Waals surface area (Å²) in [4.78, 5) is 0. The zero-order chi connectivity index (χ0) is 23.0. The molecule has 0 amide bonds. The molecule has 0 aromatic heterocycles. The number of hydrogen-bond donors (Lipinski definition) is 4. The van der Waals surface area contributed by atoms with Crippen LogP contribution in [0.4, 0.5) is 8.78 Å². The van der Waals surface area contributed by atoms with Gasteiger partial charge in [0.1, 0.15) is 36.3 Å². The summed E-state index contributed by atoms with van der Waals surface area (Å²) >= 11 is 0. The van der Waals surface area contributed by atoms with Crippen molar-refractivity contribution >= 4 is 0 Å². The fourth-order valence-electron chi connectivity index (χ4n) is 4.90. The molecule has 174 valence electrons. The predicted molar refractivity (Wildman–Crippen MR) is 112 cm³/mol. The van der Waals surface area contributed by atoms with Crippen molar-refractivity contribution in [1.82, 2.24) is 0 Å². The van der Waals surface area contributed by atoms with Gasteiger partial charge in [0.15, 0.2) is 0 Å². The molecule has 4 rings (SSSR count). The molecule has 8 heteroatoms. The van der Waals surface area contributed by atoms with Crippen LogP contribution in [0.5, 0.6) is 5.75 Å². The fraction of sp³-hybridized carbons (Fsp3) is 0.500. The molecule has 1 saturated heterocycles. The summed E-state index contributed by atoms with van der Waals surface area (Å²) in [6, 6.07) is 8.79. The van der Waals surface area contributed by atoms with E-state index in [4.69, 9.17) is 9.47 Å². The summed E-state index contributed by atoms with van der Waals surface area (Å²) in [5.41, 5.74) is 3.06. The molecular formula is C24H28F2O6. The van der Waals surface area contributed by atoms with Crippen LogP contribution in [0.1, 0.15) is 52.3 Å². The van der Waals surface area contributed by atoms with E-state index in [0.29, 0.717) is 47.3 Å². The Morgan fingerprint density at radius 1 is 1.03 bits per heavy atom. The Morgan fingerprint density at radius 2 is 1.72 bits per heavy atom. The number of ether oxygens (including phenoxy) is 2. The molecule has 0 bridgehead atoms. The van der Waals surface area contributed by atoms with Crippen LogP contribution in [0.2, 0.25) is 0 Å². The fourth-order valence-corrected chi connectivity index (χ4v) is 4.90. The van der Waals surface area contributed by atoms with Crippen LogP contribution in [0.15, 0.2) is 30.3 Å². The molecule has 0 saturated carbocycles.